The Labute approximate surface area is 130 Å². The lowest BCUT2D eigenvalue weighted by Gasteiger charge is -1.99. The van der Waals surface area contributed by atoms with Gasteiger partial charge in [0.25, 0.3) is 0 Å². The van der Waals surface area contributed by atoms with Crippen LogP contribution in [0.3, 0.4) is 0 Å². The molecule has 0 N–H and O–H groups in total. The van der Waals surface area contributed by atoms with Crippen molar-refractivity contribution in [2.24, 2.45) is 0 Å². The Bertz CT molecular complexity index is 738. The van der Waals surface area contributed by atoms with Gasteiger partial charge in [-0.3, -0.25) is 0 Å². The number of hydrogen-bond acceptors (Lipinski definition) is 4. The van der Waals surface area contributed by atoms with Gasteiger partial charge in [-0.15, -0.1) is 0 Å². The number of halogens is 1. The van der Waals surface area contributed by atoms with E-state index in [2.05, 4.69) is 26.1 Å². The zero-order chi connectivity index (χ0) is 14.7. The Kier molecular flexibility index (Phi) is 4.01. The molecule has 0 atom stereocenters. The molecule has 0 radical (unpaired) electrons. The number of methoxy groups -OCH3 is 1. The quantitative estimate of drug-likeness (QED) is 0.714. The van der Waals surface area contributed by atoms with E-state index in [1.54, 1.807) is 7.11 Å². The minimum absolute atomic E-state index is 0.570. The lowest BCUT2D eigenvalue weighted by Crippen LogP contribution is -1.89. The van der Waals surface area contributed by atoms with Crippen LogP contribution < -0.4 is 4.74 Å². The Hall–Kier alpha value is -2.14. The second-order valence-corrected chi connectivity index (χ2v) is 5.46. The van der Waals surface area contributed by atoms with Gasteiger partial charge in [0.05, 0.1) is 13.5 Å². The van der Waals surface area contributed by atoms with Crippen molar-refractivity contribution < 1.29 is 9.26 Å². The zero-order valence-electron chi connectivity index (χ0n) is 11.4. The fourth-order valence-electron chi connectivity index (χ4n) is 1.98. The fraction of sp³-hybridized carbons (Fsp3) is 0.125. The third-order valence-corrected chi connectivity index (χ3v) is 3.59. The molecule has 3 aromatic rings. The lowest BCUT2D eigenvalue weighted by atomic mass is 10.1. The van der Waals surface area contributed by atoms with Crippen molar-refractivity contribution in [1.29, 1.82) is 0 Å². The summed E-state index contributed by atoms with van der Waals surface area (Å²) in [4.78, 5) is 4.43. The van der Waals surface area contributed by atoms with Gasteiger partial charge in [-0.2, -0.15) is 4.98 Å². The molecule has 0 amide bonds. The summed E-state index contributed by atoms with van der Waals surface area (Å²) in [5, 5.41) is 4.02. The molecule has 0 saturated heterocycles. The van der Waals surface area contributed by atoms with Gasteiger partial charge in [0.15, 0.2) is 0 Å². The van der Waals surface area contributed by atoms with Gasteiger partial charge >= 0.3 is 0 Å². The van der Waals surface area contributed by atoms with Crippen LogP contribution in [0.1, 0.15) is 11.5 Å². The highest BCUT2D eigenvalue weighted by Gasteiger charge is 2.10. The first-order valence-electron chi connectivity index (χ1n) is 6.46. The van der Waals surface area contributed by atoms with E-state index in [1.165, 1.54) is 0 Å². The fourth-order valence-corrected chi connectivity index (χ4v) is 2.25. The number of benzene rings is 2. The topological polar surface area (TPSA) is 48.2 Å². The molecule has 0 aliphatic carbocycles. The molecule has 0 unspecified atom stereocenters. The number of aromatic nitrogens is 2. The summed E-state index contributed by atoms with van der Waals surface area (Å²) >= 11 is 3.42. The molecule has 21 heavy (non-hydrogen) atoms. The maximum atomic E-state index is 5.31. The highest BCUT2D eigenvalue weighted by atomic mass is 79.9. The maximum absolute atomic E-state index is 5.31. The van der Waals surface area contributed by atoms with Crippen molar-refractivity contribution >= 4 is 15.9 Å². The van der Waals surface area contributed by atoms with Crippen molar-refractivity contribution in [2.75, 3.05) is 7.11 Å². The van der Waals surface area contributed by atoms with E-state index in [0.29, 0.717) is 18.1 Å². The SMILES string of the molecule is COc1cccc(-c2noc(Cc3ccc(Br)cc3)n2)c1. The van der Waals surface area contributed by atoms with E-state index in [9.17, 15) is 0 Å². The highest BCUT2D eigenvalue weighted by Crippen LogP contribution is 2.22. The molecule has 0 aliphatic rings. The summed E-state index contributed by atoms with van der Waals surface area (Å²) in [5.41, 5.74) is 2.00. The number of ether oxygens (including phenoxy) is 1. The Morgan fingerprint density at radius 1 is 1.14 bits per heavy atom. The van der Waals surface area contributed by atoms with Crippen LogP contribution >= 0.6 is 15.9 Å². The first-order chi connectivity index (χ1) is 10.2. The molecule has 0 fully saturated rings. The normalized spacial score (nSPS) is 10.6. The number of nitrogens with zero attached hydrogens (tertiary/aromatic N) is 2. The van der Waals surface area contributed by atoms with Crippen molar-refractivity contribution in [3.8, 4) is 17.1 Å². The van der Waals surface area contributed by atoms with Crippen LogP contribution in [0.4, 0.5) is 0 Å². The Balaban J connectivity index is 1.81. The average Bonchev–Trinajstić information content (AvgIpc) is 2.98. The van der Waals surface area contributed by atoms with Crippen molar-refractivity contribution in [2.45, 2.75) is 6.42 Å². The standard InChI is InChI=1S/C16H13BrN2O2/c1-20-14-4-2-3-12(10-14)16-18-15(21-19-16)9-11-5-7-13(17)8-6-11/h2-8,10H,9H2,1H3. The smallest absolute Gasteiger partial charge is 0.231 e. The maximum Gasteiger partial charge on any atom is 0.231 e. The van der Waals surface area contributed by atoms with Crippen molar-refractivity contribution in [1.82, 2.24) is 10.1 Å². The second kappa shape index (κ2) is 6.10. The average molecular weight is 345 g/mol. The zero-order valence-corrected chi connectivity index (χ0v) is 13.0. The summed E-state index contributed by atoms with van der Waals surface area (Å²) in [6.07, 6.45) is 0.615. The molecular weight excluding hydrogens is 332 g/mol. The van der Waals surface area contributed by atoms with Gasteiger partial charge in [-0.05, 0) is 29.8 Å². The largest absolute Gasteiger partial charge is 0.497 e. The minimum Gasteiger partial charge on any atom is -0.497 e. The van der Waals surface area contributed by atoms with Crippen LogP contribution in [0.2, 0.25) is 0 Å². The number of hydrogen-bond donors (Lipinski definition) is 0. The Morgan fingerprint density at radius 3 is 2.71 bits per heavy atom. The predicted octanol–water partition coefficient (Wildman–Crippen LogP) is 4.10. The molecule has 106 valence electrons. The molecule has 3 rings (SSSR count). The van der Waals surface area contributed by atoms with E-state index in [1.807, 2.05) is 48.5 Å². The summed E-state index contributed by atoms with van der Waals surface area (Å²) in [6, 6.07) is 15.6. The van der Waals surface area contributed by atoms with E-state index in [4.69, 9.17) is 9.26 Å². The molecule has 0 spiro atoms. The third-order valence-electron chi connectivity index (χ3n) is 3.06. The molecule has 1 heterocycles. The van der Waals surface area contributed by atoms with Crippen molar-refractivity contribution in [3.63, 3.8) is 0 Å². The van der Waals surface area contributed by atoms with Crippen LogP contribution in [0.15, 0.2) is 57.5 Å². The summed E-state index contributed by atoms with van der Waals surface area (Å²) < 4.78 is 11.6. The first-order valence-corrected chi connectivity index (χ1v) is 7.25. The van der Waals surface area contributed by atoms with Crippen LogP contribution in [0.25, 0.3) is 11.4 Å². The highest BCUT2D eigenvalue weighted by molar-refractivity contribution is 9.10. The van der Waals surface area contributed by atoms with Gasteiger partial charge in [-0.1, -0.05) is 45.4 Å². The van der Waals surface area contributed by atoms with E-state index < -0.39 is 0 Å². The van der Waals surface area contributed by atoms with Crippen LogP contribution in [0, 0.1) is 0 Å². The van der Waals surface area contributed by atoms with E-state index >= 15 is 0 Å². The van der Waals surface area contributed by atoms with Gasteiger partial charge in [0.2, 0.25) is 11.7 Å². The molecule has 4 nitrogen and oxygen atoms in total. The molecule has 0 saturated carbocycles. The molecule has 1 aromatic heterocycles. The van der Waals surface area contributed by atoms with Gasteiger partial charge < -0.3 is 9.26 Å². The lowest BCUT2D eigenvalue weighted by molar-refractivity contribution is 0.385. The predicted molar refractivity (Wildman–Crippen MR) is 83.2 cm³/mol. The first kappa shape index (κ1) is 13.8. The van der Waals surface area contributed by atoms with E-state index in [-0.39, 0.29) is 0 Å². The molecule has 0 aliphatic heterocycles. The molecule has 2 aromatic carbocycles. The molecule has 5 heteroatoms. The summed E-state index contributed by atoms with van der Waals surface area (Å²) in [6.45, 7) is 0. The van der Waals surface area contributed by atoms with Crippen LogP contribution in [-0.2, 0) is 6.42 Å². The van der Waals surface area contributed by atoms with Gasteiger partial charge in [0, 0.05) is 10.0 Å². The van der Waals surface area contributed by atoms with Crippen LogP contribution in [0.5, 0.6) is 5.75 Å². The summed E-state index contributed by atoms with van der Waals surface area (Å²) in [7, 11) is 1.63. The second-order valence-electron chi connectivity index (χ2n) is 4.55. The Morgan fingerprint density at radius 2 is 1.95 bits per heavy atom. The molecular formula is C16H13BrN2O2. The minimum atomic E-state index is 0.570. The summed E-state index contributed by atoms with van der Waals surface area (Å²) in [5.74, 6) is 1.93. The number of rotatable bonds is 4. The monoisotopic (exact) mass is 344 g/mol. The molecule has 0 bridgehead atoms. The van der Waals surface area contributed by atoms with Gasteiger partial charge in [0.1, 0.15) is 5.75 Å². The van der Waals surface area contributed by atoms with Gasteiger partial charge in [-0.25, -0.2) is 0 Å². The van der Waals surface area contributed by atoms with Crippen molar-refractivity contribution in [3.05, 3.63) is 64.5 Å². The third kappa shape index (κ3) is 3.31. The van der Waals surface area contributed by atoms with Crippen LogP contribution in [-0.4, -0.2) is 17.3 Å². The van der Waals surface area contributed by atoms with E-state index in [0.717, 1.165) is 21.3 Å².